The highest BCUT2D eigenvalue weighted by Gasteiger charge is 2.11. The van der Waals surface area contributed by atoms with Crippen molar-refractivity contribution in [2.45, 2.75) is 26.8 Å². The van der Waals surface area contributed by atoms with Crippen LogP contribution in [0.1, 0.15) is 37.9 Å². The average molecular weight is 259 g/mol. The van der Waals surface area contributed by atoms with Crippen LogP contribution in [-0.4, -0.2) is 30.4 Å². The molecule has 0 radical (unpaired) electrons. The van der Waals surface area contributed by atoms with Crippen LogP contribution < -0.4 is 5.32 Å². The van der Waals surface area contributed by atoms with Crippen LogP contribution in [0.4, 0.5) is 0 Å². The van der Waals surface area contributed by atoms with Gasteiger partial charge in [-0.15, -0.1) is 0 Å². The molecule has 0 aliphatic heterocycles. The van der Waals surface area contributed by atoms with Gasteiger partial charge in [-0.1, -0.05) is 12.1 Å². The monoisotopic (exact) mass is 259 g/mol. The van der Waals surface area contributed by atoms with Crippen molar-refractivity contribution in [3.05, 3.63) is 35.4 Å². The lowest BCUT2D eigenvalue weighted by atomic mass is 10.1. The van der Waals surface area contributed by atoms with Crippen molar-refractivity contribution in [3.63, 3.8) is 0 Å². The Morgan fingerprint density at radius 2 is 1.89 bits per heavy atom. The molecule has 1 rings (SSSR count). The Morgan fingerprint density at radius 1 is 1.32 bits per heavy atom. The topological polar surface area (TPSA) is 56.1 Å². The zero-order valence-electron chi connectivity index (χ0n) is 11.8. The number of amides is 1. The molecule has 1 unspecified atom stereocenters. The molecular weight excluding hydrogens is 238 g/mol. The fourth-order valence-electron chi connectivity index (χ4n) is 1.89. The second kappa shape index (κ2) is 7.55. The third-order valence-electron chi connectivity index (χ3n) is 3.22. The maximum absolute atomic E-state index is 11.9. The van der Waals surface area contributed by atoms with Gasteiger partial charge >= 0.3 is 0 Å². The number of hydrogen-bond acceptors (Lipinski definition) is 3. The van der Waals surface area contributed by atoms with Crippen LogP contribution in [0.25, 0.3) is 0 Å². The minimum absolute atomic E-state index is 0.0901. The minimum atomic E-state index is 0.0901. The molecule has 0 aromatic heterocycles. The summed E-state index contributed by atoms with van der Waals surface area (Å²) in [5.74, 6) is 0.116. The van der Waals surface area contributed by atoms with Crippen molar-refractivity contribution in [2.24, 2.45) is 0 Å². The maximum Gasteiger partial charge on any atom is 0.236 e. The highest BCUT2D eigenvalue weighted by Crippen LogP contribution is 2.12. The Kier molecular flexibility index (Phi) is 6.04. The van der Waals surface area contributed by atoms with Crippen LogP contribution in [-0.2, 0) is 4.79 Å². The first-order valence-electron chi connectivity index (χ1n) is 6.63. The van der Waals surface area contributed by atoms with Gasteiger partial charge in [0.2, 0.25) is 5.91 Å². The first kappa shape index (κ1) is 15.2. The van der Waals surface area contributed by atoms with E-state index in [2.05, 4.69) is 11.4 Å². The fraction of sp³-hybridized carbons (Fsp3) is 0.467. The molecule has 19 heavy (non-hydrogen) atoms. The smallest absolute Gasteiger partial charge is 0.236 e. The summed E-state index contributed by atoms with van der Waals surface area (Å²) in [4.78, 5) is 13.7. The zero-order valence-corrected chi connectivity index (χ0v) is 11.8. The van der Waals surface area contributed by atoms with Crippen molar-refractivity contribution in [1.29, 1.82) is 5.26 Å². The second-order valence-corrected chi connectivity index (χ2v) is 4.40. The van der Waals surface area contributed by atoms with E-state index in [4.69, 9.17) is 5.26 Å². The molecule has 1 N–H and O–H groups in total. The summed E-state index contributed by atoms with van der Waals surface area (Å²) in [6, 6.07) is 9.59. The molecule has 4 nitrogen and oxygen atoms in total. The molecule has 1 aromatic rings. The van der Waals surface area contributed by atoms with Gasteiger partial charge in [-0.2, -0.15) is 5.26 Å². The van der Waals surface area contributed by atoms with Gasteiger partial charge in [0.25, 0.3) is 0 Å². The number of hydrogen-bond donors (Lipinski definition) is 1. The van der Waals surface area contributed by atoms with E-state index in [1.807, 2.05) is 32.9 Å². The molecule has 0 heterocycles. The van der Waals surface area contributed by atoms with Crippen molar-refractivity contribution in [3.8, 4) is 6.07 Å². The fourth-order valence-corrected chi connectivity index (χ4v) is 1.89. The number of benzene rings is 1. The summed E-state index contributed by atoms with van der Waals surface area (Å²) in [5, 5.41) is 12.0. The third-order valence-corrected chi connectivity index (χ3v) is 3.22. The van der Waals surface area contributed by atoms with Gasteiger partial charge in [0.15, 0.2) is 0 Å². The van der Waals surface area contributed by atoms with Gasteiger partial charge in [-0.05, 0) is 38.5 Å². The summed E-state index contributed by atoms with van der Waals surface area (Å²) in [6.07, 6.45) is 0. The number of likely N-dealkylation sites (N-methyl/N-ethyl adjacent to an activating group) is 1. The van der Waals surface area contributed by atoms with Gasteiger partial charge in [0.1, 0.15) is 0 Å². The quantitative estimate of drug-likeness (QED) is 0.851. The van der Waals surface area contributed by atoms with Crippen LogP contribution in [0.15, 0.2) is 24.3 Å². The van der Waals surface area contributed by atoms with Crippen LogP contribution >= 0.6 is 0 Å². The largest absolute Gasteiger partial charge is 0.342 e. The molecule has 1 atom stereocenters. The summed E-state index contributed by atoms with van der Waals surface area (Å²) >= 11 is 0. The molecule has 1 aromatic carbocycles. The Balaban J connectivity index is 2.53. The number of rotatable bonds is 6. The SMILES string of the molecule is CCN(CC)C(=O)CNC(C)c1ccc(C#N)cc1. The number of carbonyl (C=O) groups is 1. The maximum atomic E-state index is 11.9. The van der Waals surface area contributed by atoms with Gasteiger partial charge in [-0.25, -0.2) is 0 Å². The molecule has 0 aliphatic carbocycles. The Hall–Kier alpha value is -1.86. The summed E-state index contributed by atoms with van der Waals surface area (Å²) in [7, 11) is 0. The van der Waals surface area contributed by atoms with Crippen LogP contribution in [0, 0.1) is 11.3 Å². The van der Waals surface area contributed by atoms with E-state index in [1.54, 1.807) is 17.0 Å². The van der Waals surface area contributed by atoms with Gasteiger partial charge in [0, 0.05) is 19.1 Å². The second-order valence-electron chi connectivity index (χ2n) is 4.40. The first-order chi connectivity index (χ1) is 9.12. The van der Waals surface area contributed by atoms with E-state index in [9.17, 15) is 4.79 Å². The predicted octanol–water partition coefficient (Wildman–Crippen LogP) is 2.08. The van der Waals surface area contributed by atoms with Gasteiger partial charge < -0.3 is 10.2 Å². The Labute approximate surface area is 115 Å². The predicted molar refractivity (Wildman–Crippen MR) is 75.5 cm³/mol. The minimum Gasteiger partial charge on any atom is -0.342 e. The lowest BCUT2D eigenvalue weighted by Crippen LogP contribution is -2.38. The molecule has 0 spiro atoms. The number of nitrogens with zero attached hydrogens (tertiary/aromatic N) is 2. The van der Waals surface area contributed by atoms with E-state index in [0.29, 0.717) is 12.1 Å². The number of nitrogens with one attached hydrogen (secondary N) is 1. The standard InChI is InChI=1S/C15H21N3O/c1-4-18(5-2)15(19)11-17-12(3)14-8-6-13(10-16)7-9-14/h6-9,12,17H,4-5,11H2,1-3H3. The lowest BCUT2D eigenvalue weighted by Gasteiger charge is -2.21. The molecule has 1 amide bonds. The highest BCUT2D eigenvalue weighted by molar-refractivity contribution is 5.78. The van der Waals surface area contributed by atoms with Crippen LogP contribution in [0.5, 0.6) is 0 Å². The van der Waals surface area contributed by atoms with Crippen LogP contribution in [0.3, 0.4) is 0 Å². The molecule has 0 fully saturated rings. The van der Waals surface area contributed by atoms with E-state index >= 15 is 0 Å². The lowest BCUT2D eigenvalue weighted by molar-refractivity contribution is -0.129. The molecule has 0 bridgehead atoms. The number of carbonyl (C=O) groups excluding carboxylic acids is 1. The van der Waals surface area contributed by atoms with Crippen molar-refractivity contribution in [1.82, 2.24) is 10.2 Å². The van der Waals surface area contributed by atoms with Crippen molar-refractivity contribution in [2.75, 3.05) is 19.6 Å². The molecule has 0 saturated heterocycles. The summed E-state index contributed by atoms with van der Waals surface area (Å²) < 4.78 is 0. The van der Waals surface area contributed by atoms with Crippen molar-refractivity contribution < 1.29 is 4.79 Å². The van der Waals surface area contributed by atoms with E-state index in [-0.39, 0.29) is 11.9 Å². The highest BCUT2D eigenvalue weighted by atomic mass is 16.2. The first-order valence-corrected chi connectivity index (χ1v) is 6.63. The van der Waals surface area contributed by atoms with E-state index in [0.717, 1.165) is 18.7 Å². The molecule has 4 heteroatoms. The molecule has 0 aliphatic rings. The third kappa shape index (κ3) is 4.38. The van der Waals surface area contributed by atoms with Crippen molar-refractivity contribution >= 4 is 5.91 Å². The Morgan fingerprint density at radius 3 is 2.37 bits per heavy atom. The molecule has 102 valence electrons. The normalized spacial score (nSPS) is 11.7. The summed E-state index contributed by atoms with van der Waals surface area (Å²) in [5.41, 5.74) is 1.72. The zero-order chi connectivity index (χ0) is 14.3. The Bertz CT molecular complexity index is 443. The van der Waals surface area contributed by atoms with Gasteiger partial charge in [0.05, 0.1) is 18.2 Å². The van der Waals surface area contributed by atoms with E-state index < -0.39 is 0 Å². The molecular formula is C15H21N3O. The average Bonchev–Trinajstić information content (AvgIpc) is 2.46. The van der Waals surface area contributed by atoms with Gasteiger partial charge in [-0.3, -0.25) is 4.79 Å². The number of nitriles is 1. The van der Waals surface area contributed by atoms with E-state index in [1.165, 1.54) is 0 Å². The summed E-state index contributed by atoms with van der Waals surface area (Å²) in [6.45, 7) is 7.78. The molecule has 0 saturated carbocycles. The van der Waals surface area contributed by atoms with Crippen LogP contribution in [0.2, 0.25) is 0 Å².